The summed E-state index contributed by atoms with van der Waals surface area (Å²) >= 11 is 0. The molecule has 4 rings (SSSR count). The van der Waals surface area contributed by atoms with E-state index in [0.717, 1.165) is 40.3 Å². The van der Waals surface area contributed by atoms with E-state index in [1.54, 1.807) is 0 Å². The Morgan fingerprint density at radius 2 is 1.76 bits per heavy atom. The minimum Gasteiger partial charge on any atom is -0.491 e. The standard InChI is InChI=1S/C29H32N2O2/c1-5-10-23-11-6-9-14-27(23)32-18-17-31-26-13-8-7-12-25(26)30-29(31)20-33-28-19-22(4)15-16-24(28)21(2)3/h5-9,11-16,19,21H,1,10,17-18,20H2,2-4H3. The van der Waals surface area contributed by atoms with Gasteiger partial charge in [0.25, 0.3) is 0 Å². The van der Waals surface area contributed by atoms with Crippen molar-refractivity contribution in [1.82, 2.24) is 9.55 Å². The van der Waals surface area contributed by atoms with Crippen molar-refractivity contribution in [1.29, 1.82) is 0 Å². The maximum atomic E-state index is 6.32. The second-order valence-electron chi connectivity index (χ2n) is 8.60. The second kappa shape index (κ2) is 10.4. The second-order valence-corrected chi connectivity index (χ2v) is 8.60. The Kier molecular flexibility index (Phi) is 7.13. The van der Waals surface area contributed by atoms with Crippen LogP contribution in [0.1, 0.15) is 42.3 Å². The number of imidazole rings is 1. The molecule has 0 aliphatic rings. The number of rotatable bonds is 10. The molecule has 0 fully saturated rings. The van der Waals surface area contributed by atoms with Crippen molar-refractivity contribution in [3.63, 3.8) is 0 Å². The fourth-order valence-electron chi connectivity index (χ4n) is 4.09. The van der Waals surface area contributed by atoms with Crippen LogP contribution in [0.15, 0.2) is 79.4 Å². The van der Waals surface area contributed by atoms with E-state index in [2.05, 4.69) is 62.2 Å². The molecule has 4 nitrogen and oxygen atoms in total. The van der Waals surface area contributed by atoms with E-state index in [1.165, 1.54) is 11.1 Å². The summed E-state index contributed by atoms with van der Waals surface area (Å²) in [6.45, 7) is 12.0. The van der Waals surface area contributed by atoms with Gasteiger partial charge in [0, 0.05) is 0 Å². The first-order chi connectivity index (χ1) is 16.1. The Morgan fingerprint density at radius 1 is 0.970 bits per heavy atom. The summed E-state index contributed by atoms with van der Waals surface area (Å²) in [5, 5.41) is 0. The van der Waals surface area contributed by atoms with Gasteiger partial charge in [0.2, 0.25) is 0 Å². The molecule has 0 spiro atoms. The average molecular weight is 441 g/mol. The summed E-state index contributed by atoms with van der Waals surface area (Å²) in [4.78, 5) is 4.87. The number of allylic oxidation sites excluding steroid dienone is 1. The first kappa shape index (κ1) is 22.7. The zero-order valence-corrected chi connectivity index (χ0v) is 19.8. The summed E-state index contributed by atoms with van der Waals surface area (Å²) in [5.41, 5.74) is 5.61. The van der Waals surface area contributed by atoms with Crippen LogP contribution in [-0.2, 0) is 19.6 Å². The average Bonchev–Trinajstić information content (AvgIpc) is 3.16. The summed E-state index contributed by atoms with van der Waals surface area (Å²) in [5.74, 6) is 3.12. The molecule has 4 heteroatoms. The highest BCUT2D eigenvalue weighted by Gasteiger charge is 2.14. The summed E-state index contributed by atoms with van der Waals surface area (Å²) in [6.07, 6.45) is 2.69. The fourth-order valence-corrected chi connectivity index (χ4v) is 4.09. The van der Waals surface area contributed by atoms with Gasteiger partial charge in [-0.2, -0.15) is 0 Å². The predicted molar refractivity (Wildman–Crippen MR) is 135 cm³/mol. The van der Waals surface area contributed by atoms with Gasteiger partial charge >= 0.3 is 0 Å². The number of para-hydroxylation sites is 3. The molecular weight excluding hydrogens is 408 g/mol. The lowest BCUT2D eigenvalue weighted by Crippen LogP contribution is -2.13. The van der Waals surface area contributed by atoms with Crippen molar-refractivity contribution >= 4 is 11.0 Å². The first-order valence-electron chi connectivity index (χ1n) is 11.6. The highest BCUT2D eigenvalue weighted by molar-refractivity contribution is 5.75. The Bertz CT molecular complexity index is 1240. The van der Waals surface area contributed by atoms with Crippen LogP contribution in [0.5, 0.6) is 11.5 Å². The molecular formula is C29H32N2O2. The van der Waals surface area contributed by atoms with Crippen LogP contribution in [0.2, 0.25) is 0 Å². The predicted octanol–water partition coefficient (Wildman–Crippen LogP) is 6.85. The number of hydrogen-bond donors (Lipinski definition) is 0. The maximum absolute atomic E-state index is 6.32. The van der Waals surface area contributed by atoms with Crippen LogP contribution in [0.25, 0.3) is 11.0 Å². The van der Waals surface area contributed by atoms with Gasteiger partial charge in [-0.25, -0.2) is 4.98 Å². The van der Waals surface area contributed by atoms with Gasteiger partial charge in [-0.15, -0.1) is 6.58 Å². The minimum absolute atomic E-state index is 0.392. The van der Waals surface area contributed by atoms with Crippen LogP contribution < -0.4 is 9.47 Å². The third kappa shape index (κ3) is 5.28. The molecule has 1 heterocycles. The molecule has 3 aromatic carbocycles. The van der Waals surface area contributed by atoms with E-state index < -0.39 is 0 Å². The number of ether oxygens (including phenoxy) is 2. The smallest absolute Gasteiger partial charge is 0.148 e. The summed E-state index contributed by atoms with van der Waals surface area (Å²) in [6, 6.07) is 22.7. The molecule has 0 saturated carbocycles. The monoisotopic (exact) mass is 440 g/mol. The molecule has 170 valence electrons. The number of fused-ring (bicyclic) bond motifs is 1. The SMILES string of the molecule is C=CCc1ccccc1OCCn1c(COc2cc(C)ccc2C(C)C)nc2ccccc21. The van der Waals surface area contributed by atoms with Crippen molar-refractivity contribution in [2.75, 3.05) is 6.61 Å². The number of aromatic nitrogens is 2. The van der Waals surface area contributed by atoms with Crippen LogP contribution in [-0.4, -0.2) is 16.2 Å². The first-order valence-corrected chi connectivity index (χ1v) is 11.6. The lowest BCUT2D eigenvalue weighted by molar-refractivity contribution is 0.269. The van der Waals surface area contributed by atoms with E-state index in [0.29, 0.717) is 25.7 Å². The molecule has 0 amide bonds. The highest BCUT2D eigenvalue weighted by Crippen LogP contribution is 2.28. The van der Waals surface area contributed by atoms with Gasteiger partial charge in [-0.3, -0.25) is 0 Å². The maximum Gasteiger partial charge on any atom is 0.148 e. The molecule has 0 saturated heterocycles. The zero-order valence-electron chi connectivity index (χ0n) is 19.8. The number of aryl methyl sites for hydroxylation is 1. The number of nitrogens with zero attached hydrogens (tertiary/aromatic N) is 2. The third-order valence-corrected chi connectivity index (χ3v) is 5.79. The molecule has 0 unspecified atom stereocenters. The molecule has 0 aliphatic heterocycles. The van der Waals surface area contributed by atoms with Crippen LogP contribution in [0.4, 0.5) is 0 Å². The van der Waals surface area contributed by atoms with Crippen LogP contribution in [0.3, 0.4) is 0 Å². The fraction of sp³-hybridized carbons (Fsp3) is 0.276. The summed E-state index contributed by atoms with van der Waals surface area (Å²) in [7, 11) is 0. The van der Waals surface area contributed by atoms with E-state index >= 15 is 0 Å². The Balaban J connectivity index is 1.54. The van der Waals surface area contributed by atoms with Crippen molar-refractivity contribution < 1.29 is 9.47 Å². The number of benzene rings is 3. The van der Waals surface area contributed by atoms with E-state index in [-0.39, 0.29) is 0 Å². The van der Waals surface area contributed by atoms with Crippen molar-refractivity contribution in [3.8, 4) is 11.5 Å². The highest BCUT2D eigenvalue weighted by atomic mass is 16.5. The molecule has 33 heavy (non-hydrogen) atoms. The third-order valence-electron chi connectivity index (χ3n) is 5.79. The molecule has 4 aromatic rings. The zero-order chi connectivity index (χ0) is 23.2. The normalized spacial score (nSPS) is 11.2. The number of hydrogen-bond acceptors (Lipinski definition) is 3. The van der Waals surface area contributed by atoms with E-state index in [4.69, 9.17) is 14.5 Å². The lowest BCUT2D eigenvalue weighted by Gasteiger charge is -2.16. The Labute approximate surface area is 196 Å². The van der Waals surface area contributed by atoms with Crippen molar-refractivity contribution in [2.24, 2.45) is 0 Å². The molecule has 0 bridgehead atoms. The van der Waals surface area contributed by atoms with Gasteiger partial charge in [0.15, 0.2) is 0 Å². The van der Waals surface area contributed by atoms with Crippen LogP contribution >= 0.6 is 0 Å². The van der Waals surface area contributed by atoms with Crippen LogP contribution in [0, 0.1) is 6.92 Å². The minimum atomic E-state index is 0.392. The van der Waals surface area contributed by atoms with Gasteiger partial charge in [0.05, 0.1) is 17.6 Å². The molecule has 1 aromatic heterocycles. The molecule has 0 aliphatic carbocycles. The van der Waals surface area contributed by atoms with Gasteiger partial charge in [0.1, 0.15) is 30.5 Å². The van der Waals surface area contributed by atoms with Gasteiger partial charge < -0.3 is 14.0 Å². The van der Waals surface area contributed by atoms with Crippen molar-refractivity contribution in [2.45, 2.75) is 46.3 Å². The molecule has 0 radical (unpaired) electrons. The van der Waals surface area contributed by atoms with E-state index in [1.807, 2.05) is 42.5 Å². The van der Waals surface area contributed by atoms with Gasteiger partial charge in [-0.05, 0) is 60.2 Å². The Hall–Kier alpha value is -3.53. The molecule has 0 N–H and O–H groups in total. The quantitative estimate of drug-likeness (QED) is 0.253. The van der Waals surface area contributed by atoms with E-state index in [9.17, 15) is 0 Å². The van der Waals surface area contributed by atoms with Crippen molar-refractivity contribution in [3.05, 3.63) is 102 Å². The topological polar surface area (TPSA) is 36.3 Å². The largest absolute Gasteiger partial charge is 0.491 e. The summed E-state index contributed by atoms with van der Waals surface area (Å²) < 4.78 is 14.7. The molecule has 0 atom stereocenters. The lowest BCUT2D eigenvalue weighted by atomic mass is 10.0. The van der Waals surface area contributed by atoms with Gasteiger partial charge in [-0.1, -0.05) is 62.4 Å². The Morgan fingerprint density at radius 3 is 2.58 bits per heavy atom.